The van der Waals surface area contributed by atoms with Crippen molar-refractivity contribution in [2.24, 2.45) is 0 Å². The van der Waals surface area contributed by atoms with Gasteiger partial charge in [-0.15, -0.1) is 0 Å². The number of carbonyl (C=O) groups is 2. The Morgan fingerprint density at radius 2 is 2.10 bits per heavy atom. The van der Waals surface area contributed by atoms with Crippen molar-refractivity contribution in [3.63, 3.8) is 0 Å². The Bertz CT molecular complexity index is 181. The van der Waals surface area contributed by atoms with Crippen LogP contribution in [0.15, 0.2) is 0 Å². The van der Waals surface area contributed by atoms with Gasteiger partial charge in [0.05, 0.1) is 7.11 Å². The molecule has 0 heterocycles. The highest BCUT2D eigenvalue weighted by Crippen LogP contribution is 1.80. The van der Waals surface area contributed by atoms with Gasteiger partial charge in [-0.3, -0.25) is 0 Å². The molecule has 54 valence electrons. The lowest BCUT2D eigenvalue weighted by Crippen LogP contribution is -2.18. The number of rotatable bonds is 1. The molecule has 0 radical (unpaired) electrons. The van der Waals surface area contributed by atoms with Crippen LogP contribution < -0.4 is 0 Å². The van der Waals surface area contributed by atoms with E-state index >= 15 is 0 Å². The SMILES string of the molecule is COC(=O)C(=O)OCC#N. The molecule has 0 saturated heterocycles. The second-order valence-electron chi connectivity index (χ2n) is 1.23. The number of nitrogens with zero attached hydrogens (tertiary/aromatic N) is 1. The van der Waals surface area contributed by atoms with E-state index in [0.29, 0.717) is 0 Å². The van der Waals surface area contributed by atoms with E-state index in [1.165, 1.54) is 6.07 Å². The summed E-state index contributed by atoms with van der Waals surface area (Å²) in [6.07, 6.45) is 0. The van der Waals surface area contributed by atoms with Crippen LogP contribution >= 0.6 is 0 Å². The molecule has 0 aromatic carbocycles. The van der Waals surface area contributed by atoms with Gasteiger partial charge in [-0.05, 0) is 0 Å². The number of ether oxygens (including phenoxy) is 2. The molecular formula is C5H5NO4. The Kier molecular flexibility index (Phi) is 3.64. The predicted molar refractivity (Wildman–Crippen MR) is 28.6 cm³/mol. The van der Waals surface area contributed by atoms with Crippen molar-refractivity contribution in [3.05, 3.63) is 0 Å². The van der Waals surface area contributed by atoms with Gasteiger partial charge in [0.15, 0.2) is 6.61 Å². The lowest BCUT2D eigenvalue weighted by atomic mass is 10.7. The Morgan fingerprint density at radius 1 is 1.50 bits per heavy atom. The van der Waals surface area contributed by atoms with E-state index in [4.69, 9.17) is 5.26 Å². The summed E-state index contributed by atoms with van der Waals surface area (Å²) in [6, 6.07) is 1.53. The molecule has 0 aliphatic rings. The first-order valence-corrected chi connectivity index (χ1v) is 2.34. The molecule has 5 heteroatoms. The summed E-state index contributed by atoms with van der Waals surface area (Å²) in [5.41, 5.74) is 0. The van der Waals surface area contributed by atoms with E-state index in [1.54, 1.807) is 0 Å². The predicted octanol–water partition coefficient (Wildman–Crippen LogP) is -0.774. The molecule has 0 spiro atoms. The first kappa shape index (κ1) is 8.43. The van der Waals surface area contributed by atoms with Crippen LogP contribution in [0.2, 0.25) is 0 Å². The number of hydrogen-bond donors (Lipinski definition) is 0. The number of hydrogen-bond acceptors (Lipinski definition) is 5. The van der Waals surface area contributed by atoms with Crippen LogP contribution in [0.1, 0.15) is 0 Å². The molecule has 0 rings (SSSR count). The molecule has 0 aliphatic heterocycles. The van der Waals surface area contributed by atoms with Crippen molar-refractivity contribution in [3.8, 4) is 6.07 Å². The molecule has 0 aromatic heterocycles. The lowest BCUT2D eigenvalue weighted by Gasteiger charge is -1.95. The Hall–Kier alpha value is -1.57. The molecule has 0 bridgehead atoms. The van der Waals surface area contributed by atoms with E-state index in [0.717, 1.165) is 7.11 Å². The number of methoxy groups -OCH3 is 1. The molecule has 5 nitrogen and oxygen atoms in total. The molecule has 10 heavy (non-hydrogen) atoms. The van der Waals surface area contributed by atoms with Crippen molar-refractivity contribution >= 4 is 11.9 Å². The topological polar surface area (TPSA) is 76.4 Å². The van der Waals surface area contributed by atoms with Crippen molar-refractivity contribution in [1.29, 1.82) is 5.26 Å². The zero-order valence-corrected chi connectivity index (χ0v) is 5.29. The molecule has 0 unspecified atom stereocenters. The minimum absolute atomic E-state index is 0.437. The van der Waals surface area contributed by atoms with E-state index in [-0.39, 0.29) is 0 Å². The Balaban J connectivity index is 3.65. The van der Waals surface area contributed by atoms with Crippen LogP contribution in [-0.4, -0.2) is 25.7 Å². The third-order valence-electron chi connectivity index (χ3n) is 0.620. The highest BCUT2D eigenvalue weighted by Gasteiger charge is 2.14. The number of esters is 2. The molecular weight excluding hydrogens is 138 g/mol. The monoisotopic (exact) mass is 143 g/mol. The van der Waals surface area contributed by atoms with Crippen LogP contribution in [0, 0.1) is 11.3 Å². The van der Waals surface area contributed by atoms with Gasteiger partial charge < -0.3 is 9.47 Å². The quantitative estimate of drug-likeness (QED) is 0.355. The third-order valence-corrected chi connectivity index (χ3v) is 0.620. The fourth-order valence-corrected chi connectivity index (χ4v) is 0.240. The molecule has 0 atom stereocenters. The molecule has 0 amide bonds. The van der Waals surface area contributed by atoms with Crippen LogP contribution in [0.4, 0.5) is 0 Å². The maximum Gasteiger partial charge on any atom is 0.418 e. The third kappa shape index (κ3) is 2.67. The fraction of sp³-hybridized carbons (Fsp3) is 0.400. The summed E-state index contributed by atoms with van der Waals surface area (Å²) in [6.45, 7) is -0.437. The van der Waals surface area contributed by atoms with Crippen LogP contribution in [-0.2, 0) is 19.1 Å². The number of carbonyl (C=O) groups excluding carboxylic acids is 2. The zero-order chi connectivity index (χ0) is 7.98. The van der Waals surface area contributed by atoms with E-state index in [9.17, 15) is 9.59 Å². The fourth-order valence-electron chi connectivity index (χ4n) is 0.240. The highest BCUT2D eigenvalue weighted by atomic mass is 16.6. The maximum atomic E-state index is 10.3. The molecule has 0 N–H and O–H groups in total. The first-order valence-electron chi connectivity index (χ1n) is 2.34. The van der Waals surface area contributed by atoms with Crippen LogP contribution in [0.3, 0.4) is 0 Å². The van der Waals surface area contributed by atoms with E-state index in [1.807, 2.05) is 0 Å². The molecule has 0 fully saturated rings. The second kappa shape index (κ2) is 4.32. The average Bonchev–Trinajstić information content (AvgIpc) is 1.98. The van der Waals surface area contributed by atoms with E-state index < -0.39 is 18.5 Å². The molecule has 0 saturated carbocycles. The average molecular weight is 143 g/mol. The molecule has 0 aromatic rings. The van der Waals surface area contributed by atoms with Gasteiger partial charge in [0.2, 0.25) is 0 Å². The normalized spacial score (nSPS) is 7.60. The Labute approximate surface area is 57.1 Å². The minimum Gasteiger partial charge on any atom is -0.461 e. The highest BCUT2D eigenvalue weighted by molar-refractivity contribution is 6.29. The Morgan fingerprint density at radius 3 is 2.50 bits per heavy atom. The van der Waals surface area contributed by atoms with Gasteiger partial charge in [-0.1, -0.05) is 0 Å². The summed E-state index contributed by atoms with van der Waals surface area (Å²) in [4.78, 5) is 20.5. The summed E-state index contributed by atoms with van der Waals surface area (Å²) < 4.78 is 8.06. The van der Waals surface area contributed by atoms with Gasteiger partial charge in [-0.25, -0.2) is 9.59 Å². The van der Waals surface area contributed by atoms with Crippen molar-refractivity contribution in [1.82, 2.24) is 0 Å². The van der Waals surface area contributed by atoms with Crippen molar-refractivity contribution in [2.75, 3.05) is 13.7 Å². The van der Waals surface area contributed by atoms with Gasteiger partial charge in [0.25, 0.3) is 0 Å². The van der Waals surface area contributed by atoms with Gasteiger partial charge in [0.1, 0.15) is 6.07 Å². The zero-order valence-electron chi connectivity index (χ0n) is 5.29. The maximum absolute atomic E-state index is 10.3. The van der Waals surface area contributed by atoms with Crippen LogP contribution in [0.25, 0.3) is 0 Å². The van der Waals surface area contributed by atoms with Gasteiger partial charge in [-0.2, -0.15) is 5.26 Å². The van der Waals surface area contributed by atoms with E-state index in [2.05, 4.69) is 9.47 Å². The largest absolute Gasteiger partial charge is 0.461 e. The first-order chi connectivity index (χ1) is 4.72. The van der Waals surface area contributed by atoms with Gasteiger partial charge in [0, 0.05) is 0 Å². The lowest BCUT2D eigenvalue weighted by molar-refractivity contribution is -0.165. The van der Waals surface area contributed by atoms with Crippen LogP contribution in [0.5, 0.6) is 0 Å². The van der Waals surface area contributed by atoms with Gasteiger partial charge >= 0.3 is 11.9 Å². The standard InChI is InChI=1S/C5H5NO4/c1-9-4(7)5(8)10-3-2-6/h3H2,1H3. The second-order valence-corrected chi connectivity index (χ2v) is 1.23. The van der Waals surface area contributed by atoms with Crippen molar-refractivity contribution in [2.45, 2.75) is 0 Å². The summed E-state index contributed by atoms with van der Waals surface area (Å²) in [5.74, 6) is -2.25. The summed E-state index contributed by atoms with van der Waals surface area (Å²) in [7, 11) is 1.05. The minimum atomic E-state index is -1.15. The summed E-state index contributed by atoms with van der Waals surface area (Å²) in [5, 5.41) is 7.89. The van der Waals surface area contributed by atoms with Crippen molar-refractivity contribution < 1.29 is 19.1 Å². The number of nitriles is 1. The molecule has 0 aliphatic carbocycles. The summed E-state index contributed by atoms with van der Waals surface area (Å²) >= 11 is 0. The smallest absolute Gasteiger partial charge is 0.418 e.